The number of ether oxygens (including phenoxy) is 1. The summed E-state index contributed by atoms with van der Waals surface area (Å²) in [4.78, 5) is 8.15. The van der Waals surface area contributed by atoms with Gasteiger partial charge in [0.25, 0.3) is 0 Å². The van der Waals surface area contributed by atoms with Crippen molar-refractivity contribution in [2.24, 2.45) is 0 Å². The highest BCUT2D eigenvalue weighted by molar-refractivity contribution is 6.35. The minimum atomic E-state index is 0.436. The summed E-state index contributed by atoms with van der Waals surface area (Å²) in [5.74, 6) is 1.27. The quantitative estimate of drug-likeness (QED) is 0.937. The lowest BCUT2D eigenvalue weighted by Crippen LogP contribution is -2.05. The van der Waals surface area contributed by atoms with Gasteiger partial charge in [-0.3, -0.25) is 0 Å². The molecule has 18 heavy (non-hydrogen) atoms. The number of nitrogens with two attached hydrogens (primary N) is 1. The van der Waals surface area contributed by atoms with Crippen LogP contribution in [-0.2, 0) is 6.42 Å². The summed E-state index contributed by atoms with van der Waals surface area (Å²) >= 11 is 11.8. The zero-order valence-corrected chi connectivity index (χ0v) is 10.9. The second-order valence-electron chi connectivity index (χ2n) is 3.61. The van der Waals surface area contributed by atoms with Gasteiger partial charge >= 0.3 is 0 Å². The Morgan fingerprint density at radius 2 is 1.89 bits per heavy atom. The van der Waals surface area contributed by atoms with Crippen molar-refractivity contribution in [3.63, 3.8) is 0 Å². The number of hydrogen-bond acceptors (Lipinski definition) is 4. The second kappa shape index (κ2) is 5.89. The highest BCUT2D eigenvalue weighted by Gasteiger charge is 2.03. The Morgan fingerprint density at radius 1 is 1.17 bits per heavy atom. The molecule has 4 nitrogen and oxygen atoms in total. The largest absolute Gasteiger partial charge is 0.492 e. The van der Waals surface area contributed by atoms with Crippen molar-refractivity contribution in [3.05, 3.63) is 46.5 Å². The molecule has 0 amide bonds. The Bertz CT molecular complexity index is 531. The normalized spacial score (nSPS) is 10.3. The first-order valence-corrected chi connectivity index (χ1v) is 6.05. The third-order valence-electron chi connectivity index (χ3n) is 2.20. The van der Waals surface area contributed by atoms with Crippen LogP contribution in [0.1, 0.15) is 5.82 Å². The number of hydrogen-bond donors (Lipinski definition) is 1. The SMILES string of the molecule is Nc1cnc(CCOc2ccc(Cl)cc2Cl)nc1. The Hall–Kier alpha value is -1.52. The van der Waals surface area contributed by atoms with Gasteiger partial charge < -0.3 is 10.5 Å². The first-order valence-electron chi connectivity index (χ1n) is 5.29. The zero-order valence-electron chi connectivity index (χ0n) is 9.44. The van der Waals surface area contributed by atoms with Gasteiger partial charge in [0, 0.05) is 11.4 Å². The summed E-state index contributed by atoms with van der Waals surface area (Å²) in [5, 5.41) is 1.06. The fourth-order valence-corrected chi connectivity index (χ4v) is 1.80. The first kappa shape index (κ1) is 12.9. The topological polar surface area (TPSA) is 61.0 Å². The van der Waals surface area contributed by atoms with E-state index >= 15 is 0 Å². The summed E-state index contributed by atoms with van der Waals surface area (Å²) in [5.41, 5.74) is 6.04. The number of nitrogens with zero attached hydrogens (tertiary/aromatic N) is 2. The molecule has 0 aliphatic rings. The molecule has 0 radical (unpaired) electrons. The first-order chi connectivity index (χ1) is 8.65. The monoisotopic (exact) mass is 283 g/mol. The third kappa shape index (κ3) is 3.48. The molecule has 1 aromatic carbocycles. The van der Waals surface area contributed by atoms with Gasteiger partial charge in [-0.1, -0.05) is 23.2 Å². The highest BCUT2D eigenvalue weighted by Crippen LogP contribution is 2.27. The maximum atomic E-state index is 5.97. The summed E-state index contributed by atoms with van der Waals surface area (Å²) in [6.07, 6.45) is 3.72. The van der Waals surface area contributed by atoms with Crippen LogP contribution in [0.5, 0.6) is 5.75 Å². The maximum Gasteiger partial charge on any atom is 0.138 e. The van der Waals surface area contributed by atoms with Crippen molar-refractivity contribution in [2.45, 2.75) is 6.42 Å². The molecule has 0 aliphatic carbocycles. The molecule has 2 rings (SSSR count). The number of halogens is 2. The Morgan fingerprint density at radius 3 is 2.56 bits per heavy atom. The van der Waals surface area contributed by atoms with Crippen molar-refractivity contribution in [3.8, 4) is 5.75 Å². The molecular formula is C12H11Cl2N3O. The van der Waals surface area contributed by atoms with Gasteiger partial charge in [-0.25, -0.2) is 9.97 Å². The average molecular weight is 284 g/mol. The maximum absolute atomic E-state index is 5.97. The van der Waals surface area contributed by atoms with E-state index in [1.807, 2.05) is 0 Å². The molecule has 0 bridgehead atoms. The third-order valence-corrected chi connectivity index (χ3v) is 2.73. The minimum Gasteiger partial charge on any atom is -0.492 e. The van der Waals surface area contributed by atoms with E-state index in [-0.39, 0.29) is 0 Å². The van der Waals surface area contributed by atoms with E-state index in [4.69, 9.17) is 33.7 Å². The molecule has 2 aromatic rings. The number of nitrogen functional groups attached to an aromatic ring is 1. The number of anilines is 1. The number of rotatable bonds is 4. The van der Waals surface area contributed by atoms with E-state index in [9.17, 15) is 0 Å². The van der Waals surface area contributed by atoms with Gasteiger partial charge in [-0.15, -0.1) is 0 Å². The van der Waals surface area contributed by atoms with Crippen molar-refractivity contribution < 1.29 is 4.74 Å². The predicted molar refractivity (Wildman–Crippen MR) is 72.1 cm³/mol. The van der Waals surface area contributed by atoms with Crippen LogP contribution in [0.2, 0.25) is 10.0 Å². The molecule has 1 heterocycles. The number of aromatic nitrogens is 2. The van der Waals surface area contributed by atoms with E-state index in [0.717, 1.165) is 0 Å². The minimum absolute atomic E-state index is 0.436. The molecule has 0 atom stereocenters. The molecule has 2 N–H and O–H groups in total. The van der Waals surface area contributed by atoms with Crippen LogP contribution in [0.3, 0.4) is 0 Å². The summed E-state index contributed by atoms with van der Waals surface area (Å²) in [6, 6.07) is 5.09. The molecule has 0 unspecified atom stereocenters. The van der Waals surface area contributed by atoms with E-state index < -0.39 is 0 Å². The van der Waals surface area contributed by atoms with Crippen molar-refractivity contribution in [1.82, 2.24) is 9.97 Å². The molecule has 6 heteroatoms. The Kier molecular flexibility index (Phi) is 4.23. The summed E-state index contributed by atoms with van der Waals surface area (Å²) < 4.78 is 5.52. The van der Waals surface area contributed by atoms with Gasteiger partial charge in [0.2, 0.25) is 0 Å². The molecule has 1 aromatic heterocycles. The van der Waals surface area contributed by atoms with Crippen molar-refractivity contribution in [1.29, 1.82) is 0 Å². The van der Waals surface area contributed by atoms with Gasteiger partial charge in [-0.05, 0) is 18.2 Å². The van der Waals surface area contributed by atoms with Gasteiger partial charge in [0.15, 0.2) is 0 Å². The smallest absolute Gasteiger partial charge is 0.138 e. The van der Waals surface area contributed by atoms with E-state index in [2.05, 4.69) is 9.97 Å². The van der Waals surface area contributed by atoms with Crippen LogP contribution in [0, 0.1) is 0 Å². The van der Waals surface area contributed by atoms with Gasteiger partial charge in [-0.2, -0.15) is 0 Å². The average Bonchev–Trinajstić information content (AvgIpc) is 2.34. The van der Waals surface area contributed by atoms with Crippen LogP contribution in [0.15, 0.2) is 30.6 Å². The van der Waals surface area contributed by atoms with Crippen molar-refractivity contribution in [2.75, 3.05) is 12.3 Å². The molecule has 0 spiro atoms. The summed E-state index contributed by atoms with van der Waals surface area (Å²) in [7, 11) is 0. The van der Waals surface area contributed by atoms with Crippen molar-refractivity contribution >= 4 is 28.9 Å². The van der Waals surface area contributed by atoms with E-state index in [0.29, 0.717) is 40.3 Å². The molecule has 0 saturated carbocycles. The summed E-state index contributed by atoms with van der Waals surface area (Å²) in [6.45, 7) is 0.436. The lowest BCUT2D eigenvalue weighted by Gasteiger charge is -2.07. The molecule has 0 fully saturated rings. The lowest BCUT2D eigenvalue weighted by atomic mass is 10.3. The van der Waals surface area contributed by atoms with E-state index in [1.54, 1.807) is 30.6 Å². The Labute approximate surface area is 115 Å². The van der Waals surface area contributed by atoms with Gasteiger partial charge in [0.1, 0.15) is 11.6 Å². The van der Waals surface area contributed by atoms with Crippen LogP contribution in [0.25, 0.3) is 0 Å². The van der Waals surface area contributed by atoms with Crippen LogP contribution < -0.4 is 10.5 Å². The highest BCUT2D eigenvalue weighted by atomic mass is 35.5. The van der Waals surface area contributed by atoms with Crippen LogP contribution in [-0.4, -0.2) is 16.6 Å². The fourth-order valence-electron chi connectivity index (χ4n) is 1.34. The zero-order chi connectivity index (χ0) is 13.0. The predicted octanol–water partition coefficient (Wildman–Crippen LogP) is 2.99. The fraction of sp³-hybridized carbons (Fsp3) is 0.167. The Balaban J connectivity index is 1.90. The standard InChI is InChI=1S/C12H11Cl2N3O/c13-8-1-2-11(10(14)5-8)18-4-3-12-16-6-9(15)7-17-12/h1-2,5-7H,3-4,15H2. The molecule has 94 valence electrons. The molecule has 0 aliphatic heterocycles. The second-order valence-corrected chi connectivity index (χ2v) is 4.45. The molecule has 0 saturated heterocycles. The van der Waals surface area contributed by atoms with Crippen LogP contribution >= 0.6 is 23.2 Å². The molecular weight excluding hydrogens is 273 g/mol. The van der Waals surface area contributed by atoms with Gasteiger partial charge in [0.05, 0.1) is 29.7 Å². The van der Waals surface area contributed by atoms with E-state index in [1.165, 1.54) is 0 Å². The lowest BCUT2D eigenvalue weighted by molar-refractivity contribution is 0.319. The van der Waals surface area contributed by atoms with Crippen LogP contribution in [0.4, 0.5) is 5.69 Å². The number of benzene rings is 1.